The summed E-state index contributed by atoms with van der Waals surface area (Å²) in [5, 5.41) is 14.1. The first-order valence-electron chi connectivity index (χ1n) is 6.07. The van der Waals surface area contributed by atoms with Gasteiger partial charge in [-0.05, 0) is 35.3 Å². The van der Waals surface area contributed by atoms with Crippen molar-refractivity contribution >= 4 is 27.3 Å². The van der Waals surface area contributed by atoms with Crippen molar-refractivity contribution in [2.45, 2.75) is 38.9 Å². The second kappa shape index (κ2) is 5.11. The lowest BCUT2D eigenvalue weighted by molar-refractivity contribution is 0.376. The topological polar surface area (TPSA) is 42.7 Å². The van der Waals surface area contributed by atoms with Gasteiger partial charge in [-0.15, -0.1) is 21.5 Å². The van der Waals surface area contributed by atoms with Crippen molar-refractivity contribution in [2.24, 2.45) is 0 Å². The van der Waals surface area contributed by atoms with E-state index < -0.39 is 0 Å². The summed E-state index contributed by atoms with van der Waals surface area (Å²) in [4.78, 5) is 1.37. The Labute approximate surface area is 119 Å². The smallest absolute Gasteiger partial charge is 0.133 e. The molecule has 3 rings (SSSR count). The lowest BCUT2D eigenvalue weighted by atomic mass is 10.1. The van der Waals surface area contributed by atoms with Gasteiger partial charge in [0.05, 0.1) is 0 Å². The molecule has 0 saturated carbocycles. The van der Waals surface area contributed by atoms with Gasteiger partial charge < -0.3 is 9.88 Å². The molecule has 3 heterocycles. The fraction of sp³-hybridized carbons (Fsp3) is 0.500. The monoisotopic (exact) mass is 326 g/mol. The fourth-order valence-electron chi connectivity index (χ4n) is 2.32. The van der Waals surface area contributed by atoms with Gasteiger partial charge in [0.2, 0.25) is 0 Å². The van der Waals surface area contributed by atoms with E-state index in [-0.39, 0.29) is 0 Å². The minimum absolute atomic E-state index is 0.521. The van der Waals surface area contributed by atoms with Crippen LogP contribution in [0.5, 0.6) is 0 Å². The van der Waals surface area contributed by atoms with Crippen LogP contribution in [0.4, 0.5) is 0 Å². The third-order valence-electron chi connectivity index (χ3n) is 3.32. The number of hydrogen-bond acceptors (Lipinski definition) is 4. The van der Waals surface area contributed by atoms with Gasteiger partial charge in [-0.2, -0.15) is 0 Å². The minimum atomic E-state index is 0.521. The average Bonchev–Trinajstić information content (AvgIpc) is 2.94. The maximum Gasteiger partial charge on any atom is 0.133 e. The lowest BCUT2D eigenvalue weighted by Gasteiger charge is -2.24. The lowest BCUT2D eigenvalue weighted by Crippen LogP contribution is -2.37. The van der Waals surface area contributed by atoms with E-state index in [0.717, 1.165) is 37.6 Å². The molecule has 0 spiro atoms. The van der Waals surface area contributed by atoms with E-state index in [0.29, 0.717) is 6.04 Å². The van der Waals surface area contributed by atoms with Crippen molar-refractivity contribution in [3.05, 3.63) is 32.4 Å². The molecule has 0 aliphatic carbocycles. The highest BCUT2D eigenvalue weighted by Gasteiger charge is 2.20. The highest BCUT2D eigenvalue weighted by molar-refractivity contribution is 9.10. The Balaban J connectivity index is 1.61. The molecule has 0 unspecified atom stereocenters. The molecule has 6 heteroatoms. The highest BCUT2D eigenvalue weighted by Crippen LogP contribution is 2.20. The molecule has 2 aromatic rings. The van der Waals surface area contributed by atoms with Crippen LogP contribution in [0.2, 0.25) is 0 Å². The predicted molar refractivity (Wildman–Crippen MR) is 75.7 cm³/mol. The van der Waals surface area contributed by atoms with E-state index in [1.54, 1.807) is 11.3 Å². The van der Waals surface area contributed by atoms with Crippen LogP contribution in [0.1, 0.15) is 22.9 Å². The number of nitrogens with one attached hydrogen (secondary N) is 1. The summed E-state index contributed by atoms with van der Waals surface area (Å²) in [6, 6.07) is 2.70. The summed E-state index contributed by atoms with van der Waals surface area (Å²) in [6.07, 6.45) is 2.16. The predicted octanol–water partition coefficient (Wildman–Crippen LogP) is 2.52. The van der Waals surface area contributed by atoms with E-state index in [9.17, 15) is 0 Å². The Kier molecular flexibility index (Phi) is 3.50. The van der Waals surface area contributed by atoms with Gasteiger partial charge in [0.1, 0.15) is 11.6 Å². The Morgan fingerprint density at radius 2 is 2.44 bits per heavy atom. The molecule has 1 aliphatic heterocycles. The molecule has 1 atom stereocenters. The molecule has 1 N–H and O–H groups in total. The molecule has 0 fully saturated rings. The Bertz CT molecular complexity index is 548. The van der Waals surface area contributed by atoms with E-state index in [2.05, 4.69) is 47.5 Å². The molecule has 0 bridgehead atoms. The van der Waals surface area contributed by atoms with Gasteiger partial charge in [0.15, 0.2) is 0 Å². The van der Waals surface area contributed by atoms with Crippen molar-refractivity contribution in [3.8, 4) is 0 Å². The number of rotatable bonds is 3. The number of hydrogen-bond donors (Lipinski definition) is 1. The first kappa shape index (κ1) is 12.3. The van der Waals surface area contributed by atoms with Crippen molar-refractivity contribution in [2.75, 3.05) is 0 Å². The molecule has 1 aliphatic rings. The average molecular weight is 327 g/mol. The zero-order valence-corrected chi connectivity index (χ0v) is 12.6. The third kappa shape index (κ3) is 2.50. The molecule has 0 aromatic carbocycles. The molecule has 18 heavy (non-hydrogen) atoms. The Morgan fingerprint density at radius 1 is 1.56 bits per heavy atom. The molecule has 96 valence electrons. The molecule has 0 saturated heterocycles. The van der Waals surface area contributed by atoms with Gasteiger partial charge >= 0.3 is 0 Å². The van der Waals surface area contributed by atoms with Gasteiger partial charge in [-0.3, -0.25) is 0 Å². The molecule has 2 aromatic heterocycles. The van der Waals surface area contributed by atoms with Crippen LogP contribution in [0.15, 0.2) is 15.9 Å². The standard InChI is InChI=1S/C12H15BrN4S/c1-8-15-16-12-3-2-10(6-17(8)12)14-5-11-4-9(13)7-18-11/h4,7,10,14H,2-3,5-6H2,1H3/t10-/m1/s1. The zero-order valence-electron chi connectivity index (χ0n) is 10.2. The molecule has 0 radical (unpaired) electrons. The van der Waals surface area contributed by atoms with Gasteiger partial charge in [0, 0.05) is 40.3 Å². The molecule has 0 amide bonds. The van der Waals surface area contributed by atoms with Gasteiger partial charge in [-0.1, -0.05) is 0 Å². The highest BCUT2D eigenvalue weighted by atomic mass is 79.9. The maximum atomic E-state index is 4.19. The number of aryl methyl sites for hydroxylation is 2. The normalized spacial score (nSPS) is 18.9. The second-order valence-electron chi connectivity index (χ2n) is 4.62. The fourth-order valence-corrected chi connectivity index (χ4v) is 3.72. The zero-order chi connectivity index (χ0) is 12.5. The number of halogens is 1. The molecular weight excluding hydrogens is 312 g/mol. The summed E-state index contributed by atoms with van der Waals surface area (Å²) in [6.45, 7) is 3.95. The first-order valence-corrected chi connectivity index (χ1v) is 7.74. The Morgan fingerprint density at radius 3 is 3.22 bits per heavy atom. The minimum Gasteiger partial charge on any atom is -0.314 e. The van der Waals surface area contributed by atoms with E-state index in [1.807, 2.05) is 6.92 Å². The van der Waals surface area contributed by atoms with Crippen molar-refractivity contribution in [1.29, 1.82) is 0 Å². The van der Waals surface area contributed by atoms with Crippen LogP contribution < -0.4 is 5.32 Å². The van der Waals surface area contributed by atoms with Crippen molar-refractivity contribution < 1.29 is 0 Å². The second-order valence-corrected chi connectivity index (χ2v) is 6.53. The number of nitrogens with zero attached hydrogens (tertiary/aromatic N) is 3. The van der Waals surface area contributed by atoms with Crippen LogP contribution in [-0.4, -0.2) is 20.8 Å². The van der Waals surface area contributed by atoms with Crippen molar-refractivity contribution in [1.82, 2.24) is 20.1 Å². The summed E-state index contributed by atoms with van der Waals surface area (Å²) in [7, 11) is 0. The summed E-state index contributed by atoms with van der Waals surface area (Å²) >= 11 is 5.27. The van der Waals surface area contributed by atoms with Crippen LogP contribution in [-0.2, 0) is 19.5 Å². The summed E-state index contributed by atoms with van der Waals surface area (Å²) in [5.74, 6) is 2.15. The van der Waals surface area contributed by atoms with Crippen LogP contribution in [0.3, 0.4) is 0 Å². The number of aromatic nitrogens is 3. The Hall–Kier alpha value is -0.720. The van der Waals surface area contributed by atoms with Gasteiger partial charge in [-0.25, -0.2) is 0 Å². The van der Waals surface area contributed by atoms with E-state index >= 15 is 0 Å². The van der Waals surface area contributed by atoms with E-state index in [4.69, 9.17) is 0 Å². The van der Waals surface area contributed by atoms with Crippen LogP contribution in [0.25, 0.3) is 0 Å². The summed E-state index contributed by atoms with van der Waals surface area (Å²) < 4.78 is 3.40. The maximum absolute atomic E-state index is 4.19. The SMILES string of the molecule is Cc1nnc2n1C[C@H](NCc1cc(Br)cs1)CC2. The van der Waals surface area contributed by atoms with Crippen LogP contribution >= 0.6 is 27.3 Å². The molecular formula is C12H15BrN4S. The van der Waals surface area contributed by atoms with Gasteiger partial charge in [0.25, 0.3) is 0 Å². The largest absolute Gasteiger partial charge is 0.314 e. The number of fused-ring (bicyclic) bond motifs is 1. The summed E-state index contributed by atoms with van der Waals surface area (Å²) in [5.41, 5.74) is 0. The van der Waals surface area contributed by atoms with Crippen LogP contribution in [0, 0.1) is 6.92 Å². The molecule has 4 nitrogen and oxygen atoms in total. The van der Waals surface area contributed by atoms with Crippen molar-refractivity contribution in [3.63, 3.8) is 0 Å². The quantitative estimate of drug-likeness (QED) is 0.942. The van der Waals surface area contributed by atoms with E-state index in [1.165, 1.54) is 9.35 Å². The first-order chi connectivity index (χ1) is 8.72. The third-order valence-corrected chi connectivity index (χ3v) is 5.02. The number of thiophene rings is 1.